The molecule has 98 valence electrons. The molecule has 0 bridgehead atoms. The molecule has 2 rings (SSSR count). The first-order valence-electron chi connectivity index (χ1n) is 5.50. The van der Waals surface area contributed by atoms with Crippen LogP contribution in [0.15, 0.2) is 53.9 Å². The number of para-hydroxylation sites is 1. The normalized spacial score (nSPS) is 14.6. The molecule has 1 aromatic rings. The molecular formula is C12H12N3O3P. The zero-order chi connectivity index (χ0) is 13.7. The maximum atomic E-state index is 8.95. The Hall–Kier alpha value is -1.97. The van der Waals surface area contributed by atoms with Crippen LogP contribution in [0, 0.1) is 0 Å². The van der Waals surface area contributed by atoms with E-state index in [4.69, 9.17) is 19.8 Å². The lowest BCUT2D eigenvalue weighted by molar-refractivity contribution is -0.00564. The third-order valence-corrected chi connectivity index (χ3v) is 2.80. The molecule has 0 amide bonds. The van der Waals surface area contributed by atoms with Crippen molar-refractivity contribution in [3.8, 4) is 0 Å². The minimum Gasteiger partial charge on any atom is -0.424 e. The fraction of sp³-hybridized carbons (Fsp3) is 0.0833. The molecular weight excluding hydrogens is 265 g/mol. The number of nitrogens with zero attached hydrogens (tertiary/aromatic N) is 2. The monoisotopic (exact) mass is 277 g/mol. The maximum absolute atomic E-state index is 8.95. The first-order valence-corrected chi connectivity index (χ1v) is 6.66. The van der Waals surface area contributed by atoms with Crippen molar-refractivity contribution in [2.24, 2.45) is 0 Å². The van der Waals surface area contributed by atoms with Crippen LogP contribution in [0.2, 0.25) is 0 Å². The van der Waals surface area contributed by atoms with E-state index in [0.29, 0.717) is 17.8 Å². The molecule has 1 aromatic carbocycles. The molecule has 0 aliphatic heterocycles. The fourth-order valence-corrected chi connectivity index (χ4v) is 1.95. The van der Waals surface area contributed by atoms with E-state index in [-0.39, 0.29) is 5.76 Å². The summed E-state index contributed by atoms with van der Waals surface area (Å²) in [5.74, 6) is 0.221. The van der Waals surface area contributed by atoms with Gasteiger partial charge in [0.15, 0.2) is 5.76 Å². The number of allylic oxidation sites excluding steroid dienone is 2. The highest BCUT2D eigenvalue weighted by molar-refractivity contribution is 7.39. The van der Waals surface area contributed by atoms with Crippen LogP contribution >= 0.6 is 8.60 Å². The van der Waals surface area contributed by atoms with Gasteiger partial charge in [-0.15, -0.1) is 0 Å². The quantitative estimate of drug-likeness (QED) is 0.446. The number of benzene rings is 1. The van der Waals surface area contributed by atoms with Gasteiger partial charge in [-0.2, -0.15) is 4.79 Å². The zero-order valence-electron chi connectivity index (χ0n) is 9.89. The van der Waals surface area contributed by atoms with E-state index in [2.05, 4.69) is 10.1 Å². The summed E-state index contributed by atoms with van der Waals surface area (Å²) in [5, 5.41) is 3.10. The van der Waals surface area contributed by atoms with Gasteiger partial charge in [0.1, 0.15) is 0 Å². The van der Waals surface area contributed by atoms with Crippen molar-refractivity contribution < 1.29 is 19.1 Å². The third-order valence-electron chi connectivity index (χ3n) is 2.44. The summed E-state index contributed by atoms with van der Waals surface area (Å²) in [4.78, 5) is 21.0. The Balaban J connectivity index is 2.21. The fourth-order valence-electron chi connectivity index (χ4n) is 1.62. The van der Waals surface area contributed by atoms with E-state index in [1.165, 1.54) is 6.08 Å². The molecule has 1 aliphatic carbocycles. The van der Waals surface area contributed by atoms with E-state index < -0.39 is 8.60 Å². The lowest BCUT2D eigenvalue weighted by Gasteiger charge is -2.17. The van der Waals surface area contributed by atoms with Crippen molar-refractivity contribution in [2.75, 3.05) is 5.32 Å². The second-order valence-electron chi connectivity index (χ2n) is 3.76. The van der Waals surface area contributed by atoms with E-state index >= 15 is 0 Å². The summed E-state index contributed by atoms with van der Waals surface area (Å²) in [6, 6.07) is 9.39. The number of rotatable bonds is 4. The molecule has 0 saturated heterocycles. The van der Waals surface area contributed by atoms with Crippen LogP contribution in [0.1, 0.15) is 6.42 Å². The predicted octanol–water partition coefficient (Wildman–Crippen LogP) is 2.17. The van der Waals surface area contributed by atoms with Crippen molar-refractivity contribution in [3.63, 3.8) is 0 Å². The SMILES string of the molecule is [N-]=[N+]=C1C=C(OP(O)O)C(Nc2ccccc2)=CC1. The average molecular weight is 277 g/mol. The number of nitrogens with one attached hydrogen (secondary N) is 1. The molecule has 0 saturated carbocycles. The van der Waals surface area contributed by atoms with Gasteiger partial charge in [0.2, 0.25) is 0 Å². The summed E-state index contributed by atoms with van der Waals surface area (Å²) in [5.41, 5.74) is 10.5. The number of hydrogen-bond donors (Lipinski definition) is 3. The second kappa shape index (κ2) is 6.27. The molecule has 6 nitrogen and oxygen atoms in total. The van der Waals surface area contributed by atoms with Crippen molar-refractivity contribution >= 4 is 20.0 Å². The number of hydrogen-bond acceptors (Lipinski definition) is 4. The summed E-state index contributed by atoms with van der Waals surface area (Å²) in [7, 11) is -2.53. The Kier molecular flexibility index (Phi) is 4.44. The maximum Gasteiger partial charge on any atom is 0.391 e. The standard InChI is InChI=1S/C12H12N3O3P/c13-15-10-6-7-11(12(8-10)18-19(16)17)14-9-4-2-1-3-5-9/h1-5,7-8,14,16-17H,6H2. The van der Waals surface area contributed by atoms with Gasteiger partial charge >= 0.3 is 8.60 Å². The summed E-state index contributed by atoms with van der Waals surface area (Å²) < 4.78 is 4.92. The first-order chi connectivity index (χ1) is 9.19. The largest absolute Gasteiger partial charge is 0.424 e. The topological polar surface area (TPSA) is 98.1 Å². The zero-order valence-corrected chi connectivity index (χ0v) is 10.8. The van der Waals surface area contributed by atoms with Gasteiger partial charge in [-0.25, -0.2) is 0 Å². The molecule has 0 radical (unpaired) electrons. The van der Waals surface area contributed by atoms with Crippen LogP contribution in [0.4, 0.5) is 5.69 Å². The highest BCUT2D eigenvalue weighted by atomic mass is 31.2. The Bertz CT molecular complexity index is 563. The highest BCUT2D eigenvalue weighted by Crippen LogP contribution is 2.33. The van der Waals surface area contributed by atoms with E-state index in [0.717, 1.165) is 5.69 Å². The Morgan fingerprint density at radius 1 is 1.26 bits per heavy atom. The van der Waals surface area contributed by atoms with Crippen LogP contribution in [-0.4, -0.2) is 20.3 Å². The van der Waals surface area contributed by atoms with Crippen LogP contribution in [0.25, 0.3) is 5.53 Å². The lowest BCUT2D eigenvalue weighted by atomic mass is 10.1. The van der Waals surface area contributed by atoms with Crippen molar-refractivity contribution in [1.82, 2.24) is 0 Å². The summed E-state index contributed by atoms with van der Waals surface area (Å²) in [6.45, 7) is 0. The summed E-state index contributed by atoms with van der Waals surface area (Å²) >= 11 is 0. The van der Waals surface area contributed by atoms with Gasteiger partial charge in [-0.05, 0) is 18.2 Å². The van der Waals surface area contributed by atoms with Crippen LogP contribution in [-0.2, 0) is 4.52 Å². The molecule has 0 fully saturated rings. The lowest BCUT2D eigenvalue weighted by Crippen LogP contribution is -2.12. The molecule has 0 spiro atoms. The molecule has 0 unspecified atom stereocenters. The van der Waals surface area contributed by atoms with Crippen molar-refractivity contribution in [2.45, 2.75) is 6.42 Å². The summed E-state index contributed by atoms with van der Waals surface area (Å²) in [6.07, 6.45) is 3.62. The third kappa shape index (κ3) is 3.74. The number of anilines is 1. The first kappa shape index (κ1) is 13.5. The van der Waals surface area contributed by atoms with Gasteiger partial charge in [-0.3, -0.25) is 0 Å². The molecule has 0 aromatic heterocycles. The molecule has 0 heterocycles. The van der Waals surface area contributed by atoms with E-state index in [1.807, 2.05) is 30.3 Å². The molecule has 7 heteroatoms. The smallest absolute Gasteiger partial charge is 0.391 e. The van der Waals surface area contributed by atoms with Gasteiger partial charge in [0.05, 0.1) is 18.2 Å². The predicted molar refractivity (Wildman–Crippen MR) is 71.9 cm³/mol. The Labute approximate surface area is 111 Å². The average Bonchev–Trinajstić information content (AvgIpc) is 2.41. The van der Waals surface area contributed by atoms with Crippen LogP contribution in [0.5, 0.6) is 0 Å². The Morgan fingerprint density at radius 2 is 2.00 bits per heavy atom. The van der Waals surface area contributed by atoms with Crippen molar-refractivity contribution in [1.29, 1.82) is 0 Å². The van der Waals surface area contributed by atoms with Crippen molar-refractivity contribution in [3.05, 3.63) is 59.5 Å². The minimum atomic E-state index is -2.53. The van der Waals surface area contributed by atoms with Gasteiger partial charge in [0, 0.05) is 5.69 Å². The molecule has 1 aliphatic rings. The van der Waals surface area contributed by atoms with Crippen LogP contribution in [0.3, 0.4) is 0 Å². The van der Waals surface area contributed by atoms with Gasteiger partial charge < -0.3 is 25.2 Å². The Morgan fingerprint density at radius 3 is 2.63 bits per heavy atom. The highest BCUT2D eigenvalue weighted by Gasteiger charge is 2.20. The molecule has 0 atom stereocenters. The van der Waals surface area contributed by atoms with Gasteiger partial charge in [-0.1, -0.05) is 18.2 Å². The van der Waals surface area contributed by atoms with Gasteiger partial charge in [0.25, 0.3) is 5.71 Å². The molecule has 19 heavy (non-hydrogen) atoms. The van der Waals surface area contributed by atoms with E-state index in [9.17, 15) is 0 Å². The van der Waals surface area contributed by atoms with Crippen LogP contribution < -0.4 is 5.32 Å². The van der Waals surface area contributed by atoms with E-state index in [1.54, 1.807) is 6.08 Å². The molecule has 3 N–H and O–H groups in total. The second-order valence-corrected chi connectivity index (χ2v) is 4.44. The minimum absolute atomic E-state index is 0.221.